The summed E-state index contributed by atoms with van der Waals surface area (Å²) < 4.78 is 5.44. The smallest absolute Gasteiger partial charge is 0.257 e. The first-order chi connectivity index (χ1) is 12.1. The number of hydrogen-bond donors (Lipinski definition) is 3. The fraction of sp³-hybridized carbons (Fsp3) is 0.263. The van der Waals surface area contributed by atoms with E-state index in [0.717, 1.165) is 11.1 Å². The number of amides is 2. The molecule has 4 N–H and O–H groups in total. The molecule has 7 heteroatoms. The van der Waals surface area contributed by atoms with Gasteiger partial charge in [0.25, 0.3) is 5.91 Å². The second-order valence-corrected chi connectivity index (χ2v) is 5.58. The first-order valence-corrected chi connectivity index (χ1v) is 8.16. The van der Waals surface area contributed by atoms with Crippen LogP contribution < -0.4 is 21.1 Å². The predicted molar refractivity (Wildman–Crippen MR) is 104 cm³/mol. The number of carbonyl (C=O) groups is 2. The quantitative estimate of drug-likeness (QED) is 0.614. The van der Waals surface area contributed by atoms with Gasteiger partial charge in [0, 0.05) is 18.8 Å². The third-order valence-electron chi connectivity index (χ3n) is 3.48. The van der Waals surface area contributed by atoms with E-state index >= 15 is 0 Å². The van der Waals surface area contributed by atoms with Crippen molar-refractivity contribution in [1.29, 1.82) is 0 Å². The highest BCUT2D eigenvalue weighted by atomic mass is 35.5. The van der Waals surface area contributed by atoms with Gasteiger partial charge in [0.05, 0.1) is 6.42 Å². The van der Waals surface area contributed by atoms with Crippen molar-refractivity contribution in [1.82, 2.24) is 10.6 Å². The first kappa shape index (κ1) is 21.3. The van der Waals surface area contributed by atoms with Crippen molar-refractivity contribution in [2.24, 2.45) is 0 Å². The van der Waals surface area contributed by atoms with Gasteiger partial charge in [0.15, 0.2) is 6.61 Å². The van der Waals surface area contributed by atoms with Crippen LogP contribution in [0.2, 0.25) is 0 Å². The van der Waals surface area contributed by atoms with Gasteiger partial charge >= 0.3 is 0 Å². The lowest BCUT2D eigenvalue weighted by molar-refractivity contribution is -0.123. The highest BCUT2D eigenvalue weighted by Gasteiger charge is 2.05. The van der Waals surface area contributed by atoms with Crippen LogP contribution >= 0.6 is 12.4 Å². The van der Waals surface area contributed by atoms with Crippen LogP contribution in [0.25, 0.3) is 0 Å². The van der Waals surface area contributed by atoms with Crippen molar-refractivity contribution in [2.45, 2.75) is 19.9 Å². The van der Waals surface area contributed by atoms with Gasteiger partial charge in [-0.2, -0.15) is 0 Å². The molecule has 140 valence electrons. The zero-order chi connectivity index (χ0) is 18.1. The molecule has 6 nitrogen and oxygen atoms in total. The number of nitrogens with one attached hydrogen (secondary N) is 2. The zero-order valence-corrected chi connectivity index (χ0v) is 15.5. The summed E-state index contributed by atoms with van der Waals surface area (Å²) in [6, 6.07) is 14.5. The molecule has 0 atom stereocenters. The average molecular weight is 378 g/mol. The van der Waals surface area contributed by atoms with Crippen LogP contribution in [0.1, 0.15) is 18.1 Å². The maximum Gasteiger partial charge on any atom is 0.257 e. The molecule has 2 aromatic carbocycles. The standard InChI is InChI=1S/C19H23N3O3.ClH/c1-2-21-19(24)13-25-17-5-3-4-15(10-17)12-22-18(23)11-14-6-8-16(20)9-7-14;/h3-10H,2,11-13,20H2,1H3,(H,21,24)(H,22,23);1H. The van der Waals surface area contributed by atoms with Gasteiger partial charge in [-0.25, -0.2) is 0 Å². The fourth-order valence-electron chi connectivity index (χ4n) is 2.23. The molecule has 2 rings (SSSR count). The lowest BCUT2D eigenvalue weighted by atomic mass is 10.1. The number of likely N-dealkylation sites (N-methyl/N-ethyl adjacent to an activating group) is 1. The summed E-state index contributed by atoms with van der Waals surface area (Å²) in [5, 5.41) is 5.54. The van der Waals surface area contributed by atoms with Crippen molar-refractivity contribution in [3.05, 3.63) is 59.7 Å². The number of hydrogen-bond acceptors (Lipinski definition) is 4. The minimum atomic E-state index is -0.162. The summed E-state index contributed by atoms with van der Waals surface area (Å²) in [5.41, 5.74) is 8.11. The van der Waals surface area contributed by atoms with Gasteiger partial charge in [-0.1, -0.05) is 24.3 Å². The van der Waals surface area contributed by atoms with E-state index in [9.17, 15) is 9.59 Å². The van der Waals surface area contributed by atoms with Crippen LogP contribution in [-0.2, 0) is 22.6 Å². The van der Waals surface area contributed by atoms with Gasteiger partial charge in [-0.15, -0.1) is 12.4 Å². The first-order valence-electron chi connectivity index (χ1n) is 8.16. The Hall–Kier alpha value is -2.73. The number of rotatable bonds is 8. The molecular formula is C19H24ClN3O3. The molecule has 0 fully saturated rings. The topological polar surface area (TPSA) is 93.5 Å². The molecule has 0 heterocycles. The number of ether oxygens (including phenoxy) is 1. The van der Waals surface area contributed by atoms with Gasteiger partial charge in [0.1, 0.15) is 5.75 Å². The highest BCUT2D eigenvalue weighted by Crippen LogP contribution is 2.13. The van der Waals surface area contributed by atoms with E-state index in [1.807, 2.05) is 37.3 Å². The molecule has 26 heavy (non-hydrogen) atoms. The SMILES string of the molecule is CCNC(=O)COc1cccc(CNC(=O)Cc2ccc(N)cc2)c1.Cl. The molecule has 0 saturated heterocycles. The summed E-state index contributed by atoms with van der Waals surface area (Å²) in [6.07, 6.45) is 0.299. The summed E-state index contributed by atoms with van der Waals surface area (Å²) in [4.78, 5) is 23.4. The highest BCUT2D eigenvalue weighted by molar-refractivity contribution is 5.85. The molecule has 0 aliphatic heterocycles. The van der Waals surface area contributed by atoms with E-state index in [2.05, 4.69) is 10.6 Å². The molecule has 0 aliphatic carbocycles. The van der Waals surface area contributed by atoms with Crippen LogP contribution in [0, 0.1) is 0 Å². The Balaban J connectivity index is 0.00000338. The maximum absolute atomic E-state index is 12.0. The molecule has 2 amide bonds. The lowest BCUT2D eigenvalue weighted by Crippen LogP contribution is -2.28. The third kappa shape index (κ3) is 7.44. The molecule has 0 saturated carbocycles. The Morgan fingerprint density at radius 3 is 2.42 bits per heavy atom. The minimum absolute atomic E-state index is 0. The number of anilines is 1. The molecule has 0 spiro atoms. The number of carbonyl (C=O) groups excluding carboxylic acids is 2. The van der Waals surface area contributed by atoms with Gasteiger partial charge in [0.2, 0.25) is 5.91 Å². The van der Waals surface area contributed by atoms with Crippen molar-refractivity contribution >= 4 is 29.9 Å². The molecule has 0 aliphatic rings. The Bertz CT molecular complexity index is 720. The van der Waals surface area contributed by atoms with E-state index in [4.69, 9.17) is 10.5 Å². The van der Waals surface area contributed by atoms with Crippen LogP contribution in [0.3, 0.4) is 0 Å². The largest absolute Gasteiger partial charge is 0.484 e. The molecule has 0 unspecified atom stereocenters. The normalized spacial score (nSPS) is 9.73. The zero-order valence-electron chi connectivity index (χ0n) is 14.7. The molecule has 0 bridgehead atoms. The van der Waals surface area contributed by atoms with Crippen LogP contribution in [0.5, 0.6) is 5.75 Å². The Labute approximate surface area is 159 Å². The fourth-order valence-corrected chi connectivity index (χ4v) is 2.23. The summed E-state index contributed by atoms with van der Waals surface area (Å²) in [5.74, 6) is 0.361. The van der Waals surface area contributed by atoms with Crippen molar-refractivity contribution < 1.29 is 14.3 Å². The summed E-state index contributed by atoms with van der Waals surface area (Å²) in [7, 11) is 0. The van der Waals surface area contributed by atoms with Crippen LogP contribution in [0.4, 0.5) is 5.69 Å². The lowest BCUT2D eigenvalue weighted by Gasteiger charge is -2.09. The van der Waals surface area contributed by atoms with E-state index in [1.165, 1.54) is 0 Å². The van der Waals surface area contributed by atoms with Gasteiger partial charge in [-0.05, 0) is 42.3 Å². The van der Waals surface area contributed by atoms with E-state index < -0.39 is 0 Å². The number of benzene rings is 2. The van der Waals surface area contributed by atoms with Gasteiger partial charge in [-0.3, -0.25) is 9.59 Å². The monoisotopic (exact) mass is 377 g/mol. The summed E-state index contributed by atoms with van der Waals surface area (Å²) in [6.45, 7) is 2.79. The average Bonchev–Trinajstić information content (AvgIpc) is 2.61. The number of nitrogen functional groups attached to an aromatic ring is 1. The van der Waals surface area contributed by atoms with E-state index in [-0.39, 0.29) is 30.8 Å². The third-order valence-corrected chi connectivity index (χ3v) is 3.48. The van der Waals surface area contributed by atoms with Crippen molar-refractivity contribution in [3.8, 4) is 5.75 Å². The number of nitrogens with two attached hydrogens (primary N) is 1. The second kappa shape index (κ2) is 11.0. The van der Waals surface area contributed by atoms with Crippen molar-refractivity contribution in [3.63, 3.8) is 0 Å². The van der Waals surface area contributed by atoms with Crippen LogP contribution in [0.15, 0.2) is 48.5 Å². The molecule has 0 radical (unpaired) electrons. The Morgan fingerprint density at radius 1 is 1.00 bits per heavy atom. The summed E-state index contributed by atoms with van der Waals surface area (Å²) >= 11 is 0. The van der Waals surface area contributed by atoms with E-state index in [0.29, 0.717) is 30.9 Å². The minimum Gasteiger partial charge on any atom is -0.484 e. The van der Waals surface area contributed by atoms with E-state index in [1.54, 1.807) is 18.2 Å². The Kier molecular flexibility index (Phi) is 9.01. The predicted octanol–water partition coefficient (Wildman–Crippen LogP) is 2.06. The molecule has 2 aromatic rings. The van der Waals surface area contributed by atoms with Crippen molar-refractivity contribution in [2.75, 3.05) is 18.9 Å². The molecular weight excluding hydrogens is 354 g/mol. The second-order valence-electron chi connectivity index (χ2n) is 5.58. The van der Waals surface area contributed by atoms with Crippen LogP contribution in [-0.4, -0.2) is 25.0 Å². The molecule has 0 aromatic heterocycles. The maximum atomic E-state index is 12.0. The van der Waals surface area contributed by atoms with Gasteiger partial charge < -0.3 is 21.1 Å². The number of halogens is 1. The Morgan fingerprint density at radius 2 is 1.73 bits per heavy atom.